The lowest BCUT2D eigenvalue weighted by molar-refractivity contribution is 0.0998. The highest BCUT2D eigenvalue weighted by Gasteiger charge is 2.19. The zero-order chi connectivity index (χ0) is 13.8. The van der Waals surface area contributed by atoms with Crippen LogP contribution >= 0.6 is 0 Å². The lowest BCUT2D eigenvalue weighted by Gasteiger charge is -2.20. The van der Waals surface area contributed by atoms with Crippen LogP contribution in [-0.2, 0) is 4.74 Å². The minimum Gasteiger partial charge on any atom is -0.378 e. The summed E-state index contributed by atoms with van der Waals surface area (Å²) in [5.41, 5.74) is 2.64. The average Bonchev–Trinajstić information content (AvgIpc) is 2.89. The number of nitrogens with one attached hydrogen (secondary N) is 1. The first kappa shape index (κ1) is 14.5. The maximum atomic E-state index is 13.7. The first-order chi connectivity index (χ1) is 9.11. The van der Waals surface area contributed by atoms with E-state index in [1.54, 1.807) is 0 Å². The predicted molar refractivity (Wildman–Crippen MR) is 75.9 cm³/mol. The molecule has 1 fully saturated rings. The molecular formula is C16H24FNO. The fourth-order valence-corrected chi connectivity index (χ4v) is 2.88. The molecule has 3 heteroatoms. The van der Waals surface area contributed by atoms with E-state index >= 15 is 0 Å². The Morgan fingerprint density at radius 1 is 1.37 bits per heavy atom. The molecule has 19 heavy (non-hydrogen) atoms. The standard InChI is InChI=1S/C16H24FNO/c1-11-9-13(10-12(2)16(11)17)15(18-3)7-6-14-5-4-8-19-14/h9-10,14-15,18H,4-8H2,1-3H3. The quantitative estimate of drug-likeness (QED) is 0.877. The van der Waals surface area contributed by atoms with E-state index in [1.807, 2.05) is 33.0 Å². The molecule has 1 N–H and O–H groups in total. The fraction of sp³-hybridized carbons (Fsp3) is 0.625. The lowest BCUT2D eigenvalue weighted by Crippen LogP contribution is -2.19. The van der Waals surface area contributed by atoms with Gasteiger partial charge in [0.2, 0.25) is 0 Å². The Morgan fingerprint density at radius 2 is 2.05 bits per heavy atom. The molecule has 2 atom stereocenters. The van der Waals surface area contributed by atoms with E-state index in [4.69, 9.17) is 4.74 Å². The van der Waals surface area contributed by atoms with Gasteiger partial charge in [0.1, 0.15) is 5.82 Å². The molecule has 1 aromatic rings. The van der Waals surface area contributed by atoms with E-state index < -0.39 is 0 Å². The van der Waals surface area contributed by atoms with Crippen LogP contribution in [0.4, 0.5) is 4.39 Å². The van der Waals surface area contributed by atoms with Gasteiger partial charge in [0.15, 0.2) is 0 Å². The molecule has 2 unspecified atom stereocenters. The summed E-state index contributed by atoms with van der Waals surface area (Å²) in [6, 6.07) is 4.19. The summed E-state index contributed by atoms with van der Waals surface area (Å²) < 4.78 is 19.3. The summed E-state index contributed by atoms with van der Waals surface area (Å²) in [5, 5.41) is 3.34. The molecule has 1 aliphatic rings. The van der Waals surface area contributed by atoms with Gasteiger partial charge in [-0.25, -0.2) is 4.39 Å². The van der Waals surface area contributed by atoms with Crippen LogP contribution in [0.15, 0.2) is 12.1 Å². The molecule has 1 aliphatic heterocycles. The Morgan fingerprint density at radius 3 is 2.58 bits per heavy atom. The van der Waals surface area contributed by atoms with Crippen molar-refractivity contribution in [2.24, 2.45) is 0 Å². The molecule has 0 radical (unpaired) electrons. The molecule has 0 aromatic heterocycles. The van der Waals surface area contributed by atoms with Crippen molar-refractivity contribution < 1.29 is 9.13 Å². The summed E-state index contributed by atoms with van der Waals surface area (Å²) in [6.45, 7) is 4.57. The Hall–Kier alpha value is -0.930. The van der Waals surface area contributed by atoms with Crippen LogP contribution in [0.25, 0.3) is 0 Å². The molecule has 0 amide bonds. The molecule has 0 spiro atoms. The maximum absolute atomic E-state index is 13.7. The smallest absolute Gasteiger partial charge is 0.129 e. The summed E-state index contributed by atoms with van der Waals surface area (Å²) >= 11 is 0. The molecular weight excluding hydrogens is 241 g/mol. The van der Waals surface area contributed by atoms with E-state index in [0.29, 0.717) is 6.10 Å². The zero-order valence-electron chi connectivity index (χ0n) is 12.1. The molecule has 106 valence electrons. The number of hydrogen-bond donors (Lipinski definition) is 1. The molecule has 0 aliphatic carbocycles. The van der Waals surface area contributed by atoms with Crippen LogP contribution in [-0.4, -0.2) is 19.8 Å². The Bertz CT molecular complexity index is 404. The van der Waals surface area contributed by atoms with Crippen LogP contribution in [0.1, 0.15) is 48.4 Å². The minimum atomic E-state index is -0.0854. The number of ether oxygens (including phenoxy) is 1. The maximum Gasteiger partial charge on any atom is 0.129 e. The van der Waals surface area contributed by atoms with Gasteiger partial charge in [-0.3, -0.25) is 0 Å². The van der Waals surface area contributed by atoms with Gasteiger partial charge in [0, 0.05) is 12.6 Å². The monoisotopic (exact) mass is 265 g/mol. The Balaban J connectivity index is 2.04. The molecule has 1 saturated heterocycles. The number of aryl methyl sites for hydroxylation is 2. The molecule has 0 saturated carbocycles. The van der Waals surface area contributed by atoms with Crippen LogP contribution in [0.2, 0.25) is 0 Å². The van der Waals surface area contributed by atoms with Crippen molar-refractivity contribution in [1.82, 2.24) is 5.32 Å². The van der Waals surface area contributed by atoms with Crippen molar-refractivity contribution in [3.63, 3.8) is 0 Å². The van der Waals surface area contributed by atoms with Gasteiger partial charge in [-0.15, -0.1) is 0 Å². The van der Waals surface area contributed by atoms with Gasteiger partial charge in [0.25, 0.3) is 0 Å². The number of benzene rings is 1. The van der Waals surface area contributed by atoms with E-state index in [9.17, 15) is 4.39 Å². The van der Waals surface area contributed by atoms with Crippen molar-refractivity contribution in [2.45, 2.75) is 51.7 Å². The Kier molecular flexibility index (Phi) is 4.94. The largest absolute Gasteiger partial charge is 0.378 e. The van der Waals surface area contributed by atoms with Crippen molar-refractivity contribution in [1.29, 1.82) is 0 Å². The SMILES string of the molecule is CNC(CCC1CCCO1)c1cc(C)c(F)c(C)c1. The lowest BCUT2D eigenvalue weighted by atomic mass is 9.96. The summed E-state index contributed by atoms with van der Waals surface area (Å²) in [7, 11) is 1.97. The van der Waals surface area contributed by atoms with Gasteiger partial charge in [-0.05, 0) is 63.3 Å². The topological polar surface area (TPSA) is 21.3 Å². The van der Waals surface area contributed by atoms with Crippen molar-refractivity contribution >= 4 is 0 Å². The van der Waals surface area contributed by atoms with Crippen LogP contribution in [0.3, 0.4) is 0 Å². The van der Waals surface area contributed by atoms with E-state index in [1.165, 1.54) is 18.4 Å². The van der Waals surface area contributed by atoms with Crippen molar-refractivity contribution in [2.75, 3.05) is 13.7 Å². The number of halogens is 1. The predicted octanol–water partition coefficient (Wildman–Crippen LogP) is 3.66. The van der Waals surface area contributed by atoms with E-state index in [-0.39, 0.29) is 11.9 Å². The second-order valence-electron chi connectivity index (χ2n) is 5.52. The molecule has 0 bridgehead atoms. The first-order valence-corrected chi connectivity index (χ1v) is 7.17. The van der Waals surface area contributed by atoms with Gasteiger partial charge < -0.3 is 10.1 Å². The highest BCUT2D eigenvalue weighted by atomic mass is 19.1. The highest BCUT2D eigenvalue weighted by Crippen LogP contribution is 2.26. The molecule has 2 rings (SSSR count). The summed E-state index contributed by atoms with van der Waals surface area (Å²) in [6.07, 6.45) is 4.88. The third-order valence-corrected chi connectivity index (χ3v) is 4.01. The summed E-state index contributed by atoms with van der Waals surface area (Å²) in [5.74, 6) is -0.0854. The first-order valence-electron chi connectivity index (χ1n) is 7.17. The van der Waals surface area contributed by atoms with E-state index in [2.05, 4.69) is 5.32 Å². The van der Waals surface area contributed by atoms with Crippen LogP contribution in [0, 0.1) is 19.7 Å². The number of rotatable bonds is 5. The van der Waals surface area contributed by atoms with Gasteiger partial charge in [-0.1, -0.05) is 12.1 Å². The van der Waals surface area contributed by atoms with Crippen molar-refractivity contribution in [3.8, 4) is 0 Å². The second kappa shape index (κ2) is 6.49. The highest BCUT2D eigenvalue weighted by molar-refractivity contribution is 5.32. The second-order valence-corrected chi connectivity index (χ2v) is 5.52. The van der Waals surface area contributed by atoms with Gasteiger partial charge in [0.05, 0.1) is 6.10 Å². The summed E-state index contributed by atoms with van der Waals surface area (Å²) in [4.78, 5) is 0. The van der Waals surface area contributed by atoms with Crippen LogP contribution < -0.4 is 5.32 Å². The number of hydrogen-bond acceptors (Lipinski definition) is 2. The molecule has 1 aromatic carbocycles. The third kappa shape index (κ3) is 3.54. The minimum absolute atomic E-state index is 0.0854. The molecule has 2 nitrogen and oxygen atoms in total. The van der Waals surface area contributed by atoms with Gasteiger partial charge in [-0.2, -0.15) is 0 Å². The third-order valence-electron chi connectivity index (χ3n) is 4.01. The average molecular weight is 265 g/mol. The normalized spacial score (nSPS) is 20.7. The zero-order valence-corrected chi connectivity index (χ0v) is 12.1. The van der Waals surface area contributed by atoms with Crippen LogP contribution in [0.5, 0.6) is 0 Å². The fourth-order valence-electron chi connectivity index (χ4n) is 2.88. The molecule has 1 heterocycles. The van der Waals surface area contributed by atoms with Gasteiger partial charge >= 0.3 is 0 Å². The van der Waals surface area contributed by atoms with E-state index in [0.717, 1.165) is 30.6 Å². The van der Waals surface area contributed by atoms with Crippen molar-refractivity contribution in [3.05, 3.63) is 34.6 Å². The Labute approximate surface area is 115 Å².